The number of thiophene rings is 1. The van der Waals surface area contributed by atoms with Crippen LogP contribution in [-0.4, -0.2) is 13.2 Å². The molecule has 1 heterocycles. The summed E-state index contributed by atoms with van der Waals surface area (Å²) in [5.41, 5.74) is 2.56. The lowest BCUT2D eigenvalue weighted by Gasteiger charge is -2.08. The van der Waals surface area contributed by atoms with Gasteiger partial charge < -0.3 is 10.1 Å². The summed E-state index contributed by atoms with van der Waals surface area (Å²) in [5.74, 6) is 0.926. The van der Waals surface area contributed by atoms with Gasteiger partial charge in [-0.15, -0.1) is 11.3 Å². The third-order valence-electron chi connectivity index (χ3n) is 2.93. The fourth-order valence-electron chi connectivity index (χ4n) is 1.74. The van der Waals surface area contributed by atoms with Crippen LogP contribution < -0.4 is 10.1 Å². The van der Waals surface area contributed by atoms with Gasteiger partial charge in [-0.25, -0.2) is 0 Å². The highest BCUT2D eigenvalue weighted by Gasteiger charge is 2.00. The minimum atomic E-state index is 0.686. The number of nitrogens with one attached hydrogen (secondary N) is 1. The first-order valence-corrected chi connectivity index (χ1v) is 7.96. The van der Waals surface area contributed by atoms with E-state index >= 15 is 0 Å². The first-order valence-electron chi connectivity index (χ1n) is 6.29. The molecule has 0 fully saturated rings. The molecule has 0 unspecified atom stereocenters. The average Bonchev–Trinajstić information content (AvgIpc) is 2.79. The molecule has 0 bridgehead atoms. The van der Waals surface area contributed by atoms with Gasteiger partial charge in [-0.1, -0.05) is 15.9 Å². The van der Waals surface area contributed by atoms with Crippen LogP contribution in [0.4, 0.5) is 0 Å². The second-order valence-electron chi connectivity index (χ2n) is 4.46. The number of aryl methyl sites for hydroxylation is 2. The molecule has 0 atom stereocenters. The summed E-state index contributed by atoms with van der Waals surface area (Å²) in [6.07, 6.45) is 0. The topological polar surface area (TPSA) is 21.3 Å². The number of ether oxygens (including phenoxy) is 1. The van der Waals surface area contributed by atoms with Crippen molar-refractivity contribution in [2.75, 3.05) is 13.2 Å². The van der Waals surface area contributed by atoms with Crippen molar-refractivity contribution in [1.82, 2.24) is 5.32 Å². The maximum Gasteiger partial charge on any atom is 0.119 e. The Balaban J connectivity index is 1.69. The average molecular weight is 340 g/mol. The molecule has 1 N–H and O–H groups in total. The summed E-state index contributed by atoms with van der Waals surface area (Å²) in [5, 5.41) is 5.53. The third kappa shape index (κ3) is 4.34. The molecule has 102 valence electrons. The van der Waals surface area contributed by atoms with Crippen molar-refractivity contribution in [3.05, 3.63) is 50.1 Å². The zero-order valence-corrected chi connectivity index (χ0v) is 13.6. The van der Waals surface area contributed by atoms with E-state index in [1.807, 2.05) is 18.2 Å². The normalized spacial score (nSPS) is 10.7. The number of rotatable bonds is 6. The van der Waals surface area contributed by atoms with E-state index in [1.54, 1.807) is 11.3 Å². The summed E-state index contributed by atoms with van der Waals surface area (Å²) >= 11 is 5.28. The Hall–Kier alpha value is -0.840. The highest BCUT2D eigenvalue weighted by atomic mass is 79.9. The lowest BCUT2D eigenvalue weighted by molar-refractivity contribution is 0.313. The molecular weight excluding hydrogens is 322 g/mol. The Bertz CT molecular complexity index is 539. The summed E-state index contributed by atoms with van der Waals surface area (Å²) in [4.78, 5) is 1.40. The molecule has 0 aliphatic carbocycles. The molecule has 0 radical (unpaired) electrons. The van der Waals surface area contributed by atoms with E-state index in [-0.39, 0.29) is 0 Å². The quantitative estimate of drug-likeness (QED) is 0.792. The minimum absolute atomic E-state index is 0.686. The Morgan fingerprint density at radius 3 is 2.74 bits per heavy atom. The molecule has 0 aliphatic heterocycles. The standard InChI is InChI=1S/C15H18BrNOS/c1-11-5-8-19-15(11)10-17-6-7-18-13-3-4-14(16)12(2)9-13/h3-5,8-9,17H,6-7,10H2,1-2H3. The lowest BCUT2D eigenvalue weighted by Crippen LogP contribution is -2.20. The number of halogens is 1. The van der Waals surface area contributed by atoms with Gasteiger partial charge >= 0.3 is 0 Å². The van der Waals surface area contributed by atoms with E-state index in [4.69, 9.17) is 4.74 Å². The molecule has 1 aromatic heterocycles. The molecule has 0 saturated heterocycles. The van der Waals surface area contributed by atoms with Gasteiger partial charge in [0.05, 0.1) is 0 Å². The first kappa shape index (κ1) is 14.6. The van der Waals surface area contributed by atoms with E-state index in [1.165, 1.54) is 16.0 Å². The third-order valence-corrected chi connectivity index (χ3v) is 4.84. The predicted molar refractivity (Wildman–Crippen MR) is 85.1 cm³/mol. The molecule has 2 aromatic rings. The summed E-state index contributed by atoms with van der Waals surface area (Å²) in [6, 6.07) is 8.21. The monoisotopic (exact) mass is 339 g/mol. The number of hydrogen-bond acceptors (Lipinski definition) is 3. The molecule has 4 heteroatoms. The molecule has 2 nitrogen and oxygen atoms in total. The van der Waals surface area contributed by atoms with Crippen LogP contribution in [0.5, 0.6) is 5.75 Å². The summed E-state index contributed by atoms with van der Waals surface area (Å²) < 4.78 is 6.83. The second kappa shape index (κ2) is 7.08. The van der Waals surface area contributed by atoms with Crippen LogP contribution in [0.1, 0.15) is 16.0 Å². The van der Waals surface area contributed by atoms with Crippen LogP contribution in [0.2, 0.25) is 0 Å². The van der Waals surface area contributed by atoms with Crippen LogP contribution in [0.15, 0.2) is 34.1 Å². The molecule has 19 heavy (non-hydrogen) atoms. The van der Waals surface area contributed by atoms with Crippen LogP contribution >= 0.6 is 27.3 Å². The largest absolute Gasteiger partial charge is 0.492 e. The van der Waals surface area contributed by atoms with Crippen LogP contribution in [0.3, 0.4) is 0 Å². The van der Waals surface area contributed by atoms with Gasteiger partial charge in [0.2, 0.25) is 0 Å². The Morgan fingerprint density at radius 2 is 2.05 bits per heavy atom. The minimum Gasteiger partial charge on any atom is -0.492 e. The molecular formula is C15H18BrNOS. The molecule has 2 rings (SSSR count). The van der Waals surface area contributed by atoms with Crippen molar-refractivity contribution in [3.8, 4) is 5.75 Å². The van der Waals surface area contributed by atoms with E-state index in [2.05, 4.69) is 46.5 Å². The molecule has 0 amide bonds. The number of benzene rings is 1. The van der Waals surface area contributed by atoms with Crippen molar-refractivity contribution in [2.45, 2.75) is 20.4 Å². The van der Waals surface area contributed by atoms with E-state index < -0.39 is 0 Å². The predicted octanol–water partition coefficient (Wildman–Crippen LogP) is 4.30. The maximum atomic E-state index is 5.71. The van der Waals surface area contributed by atoms with Gasteiger partial charge in [0.15, 0.2) is 0 Å². The SMILES string of the molecule is Cc1cc(OCCNCc2sccc2C)ccc1Br. The van der Waals surface area contributed by atoms with Gasteiger partial charge in [-0.3, -0.25) is 0 Å². The highest BCUT2D eigenvalue weighted by molar-refractivity contribution is 9.10. The maximum absolute atomic E-state index is 5.71. The summed E-state index contributed by atoms with van der Waals surface area (Å²) in [7, 11) is 0. The van der Waals surface area contributed by atoms with Gasteiger partial charge in [-0.2, -0.15) is 0 Å². The van der Waals surface area contributed by atoms with Gasteiger partial charge in [0.25, 0.3) is 0 Å². The van der Waals surface area contributed by atoms with Crippen LogP contribution in [0.25, 0.3) is 0 Å². The van der Waals surface area contributed by atoms with Crippen molar-refractivity contribution >= 4 is 27.3 Å². The van der Waals surface area contributed by atoms with Gasteiger partial charge in [0.1, 0.15) is 12.4 Å². The van der Waals surface area contributed by atoms with E-state index in [0.29, 0.717) is 6.61 Å². The van der Waals surface area contributed by atoms with Crippen LogP contribution in [0, 0.1) is 13.8 Å². The summed E-state index contributed by atoms with van der Waals surface area (Å²) in [6.45, 7) is 6.67. The molecule has 1 aromatic carbocycles. The Morgan fingerprint density at radius 1 is 1.21 bits per heavy atom. The smallest absolute Gasteiger partial charge is 0.119 e. The van der Waals surface area contributed by atoms with Crippen molar-refractivity contribution in [3.63, 3.8) is 0 Å². The number of hydrogen-bond donors (Lipinski definition) is 1. The second-order valence-corrected chi connectivity index (χ2v) is 6.32. The van der Waals surface area contributed by atoms with E-state index in [0.717, 1.165) is 23.3 Å². The lowest BCUT2D eigenvalue weighted by atomic mass is 10.2. The fourth-order valence-corrected chi connectivity index (χ4v) is 2.86. The van der Waals surface area contributed by atoms with Crippen molar-refractivity contribution in [1.29, 1.82) is 0 Å². The first-order chi connectivity index (χ1) is 9.16. The van der Waals surface area contributed by atoms with Gasteiger partial charge in [0, 0.05) is 22.4 Å². The molecule has 0 spiro atoms. The van der Waals surface area contributed by atoms with Gasteiger partial charge in [-0.05, 0) is 54.6 Å². The Kier molecular flexibility index (Phi) is 5.43. The Labute approximate surface area is 126 Å². The van der Waals surface area contributed by atoms with Crippen molar-refractivity contribution in [2.24, 2.45) is 0 Å². The highest BCUT2D eigenvalue weighted by Crippen LogP contribution is 2.21. The zero-order valence-electron chi connectivity index (χ0n) is 11.2. The van der Waals surface area contributed by atoms with Crippen molar-refractivity contribution < 1.29 is 4.74 Å². The molecule has 0 aliphatic rings. The zero-order chi connectivity index (χ0) is 13.7. The van der Waals surface area contributed by atoms with Crippen LogP contribution in [-0.2, 0) is 6.54 Å². The molecule has 0 saturated carbocycles. The fraction of sp³-hybridized carbons (Fsp3) is 0.333. The van der Waals surface area contributed by atoms with E-state index in [9.17, 15) is 0 Å².